The molecule has 0 unspecified atom stereocenters. The minimum absolute atomic E-state index is 0.0903. The number of fused-ring (bicyclic) bond motifs is 1. The molecule has 0 atom stereocenters. The van der Waals surface area contributed by atoms with Crippen molar-refractivity contribution in [1.29, 1.82) is 0 Å². The van der Waals surface area contributed by atoms with Crippen molar-refractivity contribution < 1.29 is 18.3 Å². The van der Waals surface area contributed by atoms with Crippen LogP contribution in [0.1, 0.15) is 5.56 Å². The zero-order valence-electron chi connectivity index (χ0n) is 8.05. The molecule has 16 heavy (non-hydrogen) atoms. The topological polar surface area (TPSA) is 46.2 Å². The molecule has 0 saturated heterocycles. The largest absolute Gasteiger partial charge is 0.507 e. The number of benzene rings is 2. The normalized spacial score (nSPS) is 11.9. The second-order valence-corrected chi connectivity index (χ2v) is 3.44. The van der Waals surface area contributed by atoms with Crippen LogP contribution in [0.25, 0.3) is 10.8 Å². The highest BCUT2D eigenvalue weighted by molar-refractivity contribution is 5.93. The Morgan fingerprint density at radius 3 is 2.38 bits per heavy atom. The Kier molecular flexibility index (Phi) is 2.18. The van der Waals surface area contributed by atoms with Crippen LogP contribution in [0.2, 0.25) is 0 Å². The monoisotopic (exact) mass is 227 g/mol. The Hall–Kier alpha value is -1.91. The number of rotatable bonds is 0. The van der Waals surface area contributed by atoms with Gasteiger partial charge in [0.2, 0.25) is 0 Å². The third-order valence-electron chi connectivity index (χ3n) is 2.30. The van der Waals surface area contributed by atoms with Crippen molar-refractivity contribution in [2.75, 3.05) is 5.73 Å². The summed E-state index contributed by atoms with van der Waals surface area (Å²) in [7, 11) is 0. The van der Waals surface area contributed by atoms with Gasteiger partial charge in [0.25, 0.3) is 0 Å². The van der Waals surface area contributed by atoms with Gasteiger partial charge in [-0.3, -0.25) is 0 Å². The first kappa shape index (κ1) is 10.6. The lowest BCUT2D eigenvalue weighted by Crippen LogP contribution is -2.05. The average molecular weight is 227 g/mol. The van der Waals surface area contributed by atoms with Crippen LogP contribution in [0.15, 0.2) is 30.3 Å². The molecule has 0 aliphatic carbocycles. The number of halogens is 3. The third kappa shape index (κ3) is 1.64. The summed E-state index contributed by atoms with van der Waals surface area (Å²) in [5, 5.41) is 9.55. The first-order valence-corrected chi connectivity index (χ1v) is 4.48. The molecule has 0 saturated carbocycles. The summed E-state index contributed by atoms with van der Waals surface area (Å²) < 4.78 is 38.0. The van der Waals surface area contributed by atoms with Gasteiger partial charge in [-0.15, -0.1) is 0 Å². The molecular formula is C11H8F3NO. The molecule has 0 aliphatic heterocycles. The van der Waals surface area contributed by atoms with Gasteiger partial charge in [-0.1, -0.05) is 12.1 Å². The molecule has 3 N–H and O–H groups in total. The Morgan fingerprint density at radius 2 is 1.75 bits per heavy atom. The molecule has 0 radical (unpaired) electrons. The summed E-state index contributed by atoms with van der Waals surface area (Å²) in [4.78, 5) is 0. The van der Waals surface area contributed by atoms with Gasteiger partial charge in [0.05, 0.1) is 5.56 Å². The maximum Gasteiger partial charge on any atom is 0.417 e. The van der Waals surface area contributed by atoms with E-state index in [1.165, 1.54) is 24.3 Å². The molecule has 2 aromatic rings. The van der Waals surface area contributed by atoms with Crippen LogP contribution in [0.5, 0.6) is 5.75 Å². The fraction of sp³-hybridized carbons (Fsp3) is 0.0909. The second kappa shape index (κ2) is 3.30. The average Bonchev–Trinajstić information content (AvgIpc) is 2.15. The van der Waals surface area contributed by atoms with Crippen LogP contribution in [0, 0.1) is 0 Å². The summed E-state index contributed by atoms with van der Waals surface area (Å²) in [6.07, 6.45) is -4.46. The fourth-order valence-electron chi connectivity index (χ4n) is 1.64. The highest BCUT2D eigenvalue weighted by Crippen LogP contribution is 2.38. The van der Waals surface area contributed by atoms with Crippen molar-refractivity contribution in [3.63, 3.8) is 0 Å². The molecule has 0 spiro atoms. The smallest absolute Gasteiger partial charge is 0.417 e. The molecular weight excluding hydrogens is 219 g/mol. The predicted octanol–water partition coefficient (Wildman–Crippen LogP) is 3.15. The standard InChI is InChI=1S/C11H8F3NO/c12-11(13,14)9-3-1-2-7-8(9)4-6(15)5-10(7)16/h1-5,16H,15H2. The van der Waals surface area contributed by atoms with Gasteiger partial charge < -0.3 is 10.8 Å². The summed E-state index contributed by atoms with van der Waals surface area (Å²) in [6.45, 7) is 0. The van der Waals surface area contributed by atoms with Gasteiger partial charge in [-0.25, -0.2) is 0 Å². The first-order chi connectivity index (χ1) is 7.39. The molecule has 2 nitrogen and oxygen atoms in total. The van der Waals surface area contributed by atoms with E-state index in [1.54, 1.807) is 0 Å². The highest BCUT2D eigenvalue weighted by atomic mass is 19.4. The summed E-state index contributed by atoms with van der Waals surface area (Å²) in [6, 6.07) is 6.06. The van der Waals surface area contributed by atoms with Crippen molar-refractivity contribution in [2.45, 2.75) is 6.18 Å². The van der Waals surface area contributed by atoms with Crippen LogP contribution in [0.3, 0.4) is 0 Å². The number of alkyl halides is 3. The number of phenolic OH excluding ortho intramolecular Hbond substituents is 1. The van der Waals surface area contributed by atoms with E-state index < -0.39 is 11.7 Å². The molecule has 5 heteroatoms. The van der Waals surface area contributed by atoms with Gasteiger partial charge in [0.15, 0.2) is 0 Å². The van der Waals surface area contributed by atoms with E-state index in [0.717, 1.165) is 6.07 Å². The number of anilines is 1. The van der Waals surface area contributed by atoms with Crippen LogP contribution in [0.4, 0.5) is 18.9 Å². The Balaban J connectivity index is 2.87. The molecule has 0 aromatic heterocycles. The van der Waals surface area contributed by atoms with Crippen molar-refractivity contribution in [1.82, 2.24) is 0 Å². The van der Waals surface area contributed by atoms with Crippen LogP contribution < -0.4 is 5.73 Å². The minimum atomic E-state index is -4.46. The van der Waals surface area contributed by atoms with Crippen LogP contribution in [-0.2, 0) is 6.18 Å². The second-order valence-electron chi connectivity index (χ2n) is 3.44. The number of aromatic hydroxyl groups is 1. The summed E-state index contributed by atoms with van der Waals surface area (Å²) in [5.74, 6) is -0.249. The zero-order valence-corrected chi connectivity index (χ0v) is 8.05. The quantitative estimate of drug-likeness (QED) is 0.679. The van der Waals surface area contributed by atoms with Gasteiger partial charge in [0, 0.05) is 17.1 Å². The first-order valence-electron chi connectivity index (χ1n) is 4.48. The highest BCUT2D eigenvalue weighted by Gasteiger charge is 2.32. The van der Waals surface area contributed by atoms with E-state index in [2.05, 4.69) is 0 Å². The maximum atomic E-state index is 12.7. The van der Waals surface area contributed by atoms with Crippen molar-refractivity contribution in [3.05, 3.63) is 35.9 Å². The van der Waals surface area contributed by atoms with E-state index >= 15 is 0 Å². The van der Waals surface area contributed by atoms with E-state index in [-0.39, 0.29) is 22.2 Å². The molecule has 2 rings (SSSR count). The molecule has 0 bridgehead atoms. The van der Waals surface area contributed by atoms with Crippen molar-refractivity contribution in [3.8, 4) is 5.75 Å². The molecule has 0 amide bonds. The predicted molar refractivity (Wildman–Crippen MR) is 55.0 cm³/mol. The Labute approximate surface area is 89.1 Å². The SMILES string of the molecule is Nc1cc(O)c2cccc(C(F)(F)F)c2c1. The number of nitrogen functional groups attached to an aromatic ring is 1. The summed E-state index contributed by atoms with van der Waals surface area (Å²) in [5.41, 5.74) is 4.71. The number of nitrogens with two attached hydrogens (primary N) is 1. The van der Waals surface area contributed by atoms with Gasteiger partial charge in [-0.05, 0) is 17.5 Å². The van der Waals surface area contributed by atoms with E-state index in [0.29, 0.717) is 0 Å². The molecule has 0 heterocycles. The Morgan fingerprint density at radius 1 is 1.06 bits per heavy atom. The lowest BCUT2D eigenvalue weighted by Gasteiger charge is -2.11. The number of hydrogen-bond acceptors (Lipinski definition) is 2. The summed E-state index contributed by atoms with van der Waals surface area (Å²) >= 11 is 0. The van der Waals surface area contributed by atoms with Crippen LogP contribution in [-0.4, -0.2) is 5.11 Å². The van der Waals surface area contributed by atoms with Crippen molar-refractivity contribution >= 4 is 16.5 Å². The van der Waals surface area contributed by atoms with E-state index in [1.807, 2.05) is 0 Å². The number of hydrogen-bond donors (Lipinski definition) is 2. The van der Waals surface area contributed by atoms with Gasteiger partial charge in [0.1, 0.15) is 5.75 Å². The Bertz CT molecular complexity index is 549. The number of phenols is 1. The molecule has 84 valence electrons. The molecule has 0 fully saturated rings. The third-order valence-corrected chi connectivity index (χ3v) is 2.30. The lowest BCUT2D eigenvalue weighted by molar-refractivity contribution is -0.136. The molecule has 2 aromatic carbocycles. The van der Waals surface area contributed by atoms with Gasteiger partial charge >= 0.3 is 6.18 Å². The van der Waals surface area contributed by atoms with E-state index in [4.69, 9.17) is 5.73 Å². The van der Waals surface area contributed by atoms with E-state index in [9.17, 15) is 18.3 Å². The molecule has 0 aliphatic rings. The van der Waals surface area contributed by atoms with Crippen LogP contribution >= 0.6 is 0 Å². The minimum Gasteiger partial charge on any atom is -0.507 e. The van der Waals surface area contributed by atoms with Gasteiger partial charge in [-0.2, -0.15) is 13.2 Å². The lowest BCUT2D eigenvalue weighted by atomic mass is 10.0. The maximum absolute atomic E-state index is 12.7. The fourth-order valence-corrected chi connectivity index (χ4v) is 1.64. The zero-order chi connectivity index (χ0) is 11.9. The van der Waals surface area contributed by atoms with Crippen molar-refractivity contribution in [2.24, 2.45) is 0 Å².